The second kappa shape index (κ2) is 9.07. The Kier molecular flexibility index (Phi) is 6.31. The highest BCUT2D eigenvalue weighted by Gasteiger charge is 2.12. The monoisotopic (exact) mass is 383 g/mol. The first-order chi connectivity index (χ1) is 13.6. The lowest BCUT2D eigenvalue weighted by Crippen LogP contribution is -2.13. The summed E-state index contributed by atoms with van der Waals surface area (Å²) in [5, 5.41) is 13.8. The van der Waals surface area contributed by atoms with Crippen LogP contribution in [0.1, 0.15) is 42.4 Å². The molecule has 0 aliphatic carbocycles. The van der Waals surface area contributed by atoms with Crippen molar-refractivity contribution < 1.29 is 13.9 Å². The first-order valence-corrected chi connectivity index (χ1v) is 9.17. The number of hydrogen-bond donors (Lipinski definition) is 1. The minimum Gasteiger partial charge on any atom is -0.494 e. The van der Waals surface area contributed by atoms with Crippen LogP contribution >= 0.6 is 0 Å². The van der Waals surface area contributed by atoms with Gasteiger partial charge in [-0.15, -0.1) is 5.10 Å². The number of rotatable bonds is 8. The number of hydrogen-bond acceptors (Lipinski definition) is 5. The van der Waals surface area contributed by atoms with Gasteiger partial charge >= 0.3 is 0 Å². The van der Waals surface area contributed by atoms with Crippen LogP contribution in [0.3, 0.4) is 0 Å². The number of tetrazole rings is 1. The Labute approximate surface area is 162 Å². The van der Waals surface area contributed by atoms with Gasteiger partial charge in [0, 0.05) is 5.56 Å². The molecular formula is C20H22FN5O2. The lowest BCUT2D eigenvalue weighted by atomic mass is 10.2. The summed E-state index contributed by atoms with van der Waals surface area (Å²) in [6, 6.07) is 11.1. The van der Waals surface area contributed by atoms with E-state index in [0.29, 0.717) is 29.4 Å². The van der Waals surface area contributed by atoms with E-state index in [2.05, 4.69) is 27.8 Å². The van der Waals surface area contributed by atoms with Gasteiger partial charge in [-0.1, -0.05) is 19.8 Å². The van der Waals surface area contributed by atoms with E-state index >= 15 is 0 Å². The summed E-state index contributed by atoms with van der Waals surface area (Å²) in [6.07, 6.45) is 3.25. The first kappa shape index (κ1) is 19.5. The average Bonchev–Trinajstić information content (AvgIpc) is 3.13. The molecule has 0 saturated carbocycles. The molecule has 0 fully saturated rings. The van der Waals surface area contributed by atoms with Crippen LogP contribution in [0, 0.1) is 12.7 Å². The number of nitrogens with zero attached hydrogens (tertiary/aromatic N) is 4. The first-order valence-electron chi connectivity index (χ1n) is 9.17. The Hall–Kier alpha value is -3.29. The van der Waals surface area contributed by atoms with Crippen LogP contribution in [0.2, 0.25) is 0 Å². The predicted molar refractivity (Wildman–Crippen MR) is 103 cm³/mol. The van der Waals surface area contributed by atoms with Crippen LogP contribution in [0.25, 0.3) is 5.69 Å². The highest BCUT2D eigenvalue weighted by atomic mass is 19.1. The number of aryl methyl sites for hydroxylation is 1. The molecule has 1 N–H and O–H groups in total. The van der Waals surface area contributed by atoms with Gasteiger partial charge in [0.2, 0.25) is 0 Å². The quantitative estimate of drug-likeness (QED) is 0.596. The fraction of sp³-hybridized carbons (Fsp3) is 0.300. The van der Waals surface area contributed by atoms with Crippen molar-refractivity contribution in [2.75, 3.05) is 11.9 Å². The second-order valence-corrected chi connectivity index (χ2v) is 6.34. The molecule has 7 nitrogen and oxygen atoms in total. The van der Waals surface area contributed by atoms with Crippen molar-refractivity contribution in [2.45, 2.75) is 33.1 Å². The fourth-order valence-electron chi connectivity index (χ4n) is 2.65. The zero-order chi connectivity index (χ0) is 19.9. The van der Waals surface area contributed by atoms with Crippen LogP contribution < -0.4 is 10.1 Å². The van der Waals surface area contributed by atoms with Crippen LogP contribution in [-0.4, -0.2) is 32.7 Å². The summed E-state index contributed by atoms with van der Waals surface area (Å²) >= 11 is 0. The van der Waals surface area contributed by atoms with Gasteiger partial charge in [0.1, 0.15) is 11.6 Å². The Morgan fingerprint density at radius 2 is 1.96 bits per heavy atom. The topological polar surface area (TPSA) is 81.9 Å². The summed E-state index contributed by atoms with van der Waals surface area (Å²) < 4.78 is 21.3. The van der Waals surface area contributed by atoms with Gasteiger partial charge in [-0.2, -0.15) is 4.68 Å². The van der Waals surface area contributed by atoms with Gasteiger partial charge < -0.3 is 10.1 Å². The summed E-state index contributed by atoms with van der Waals surface area (Å²) in [4.78, 5) is 12.5. The van der Waals surface area contributed by atoms with Crippen LogP contribution in [0.5, 0.6) is 5.75 Å². The van der Waals surface area contributed by atoms with Crippen LogP contribution in [0.4, 0.5) is 10.1 Å². The molecule has 1 aromatic heterocycles. The van der Waals surface area contributed by atoms with Crippen molar-refractivity contribution in [1.29, 1.82) is 0 Å². The van der Waals surface area contributed by atoms with Gasteiger partial charge in [-0.05, 0) is 66.2 Å². The maximum Gasteiger partial charge on any atom is 0.255 e. The zero-order valence-electron chi connectivity index (χ0n) is 15.9. The lowest BCUT2D eigenvalue weighted by molar-refractivity contribution is 0.102. The van der Waals surface area contributed by atoms with E-state index in [4.69, 9.17) is 4.74 Å². The van der Waals surface area contributed by atoms with Crippen molar-refractivity contribution in [1.82, 2.24) is 20.2 Å². The Balaban J connectivity index is 1.68. The van der Waals surface area contributed by atoms with Crippen molar-refractivity contribution >= 4 is 11.6 Å². The highest BCUT2D eigenvalue weighted by molar-refractivity contribution is 6.04. The molecule has 1 heterocycles. The van der Waals surface area contributed by atoms with Crippen molar-refractivity contribution in [2.24, 2.45) is 0 Å². The maximum atomic E-state index is 14.2. The largest absolute Gasteiger partial charge is 0.494 e. The molecule has 0 atom stereocenters. The summed E-state index contributed by atoms with van der Waals surface area (Å²) in [5.41, 5.74) is 1.01. The number of ether oxygens (including phenoxy) is 1. The fourth-order valence-corrected chi connectivity index (χ4v) is 2.65. The van der Waals surface area contributed by atoms with Gasteiger partial charge in [0.15, 0.2) is 5.82 Å². The number of carbonyl (C=O) groups is 1. The van der Waals surface area contributed by atoms with Crippen molar-refractivity contribution in [3.8, 4) is 11.4 Å². The number of unbranched alkanes of at least 4 members (excludes halogenated alkanes) is 2. The number of benzene rings is 2. The van der Waals surface area contributed by atoms with Gasteiger partial charge in [0.05, 0.1) is 18.0 Å². The molecule has 0 unspecified atom stereocenters. The number of halogens is 1. The summed E-state index contributed by atoms with van der Waals surface area (Å²) in [5.74, 6) is 0.300. The summed E-state index contributed by atoms with van der Waals surface area (Å²) in [7, 11) is 0. The third kappa shape index (κ3) is 4.70. The molecule has 2 aromatic carbocycles. The minimum atomic E-state index is -0.543. The van der Waals surface area contributed by atoms with Gasteiger partial charge in [-0.25, -0.2) is 4.39 Å². The smallest absolute Gasteiger partial charge is 0.255 e. The molecule has 3 aromatic rings. The lowest BCUT2D eigenvalue weighted by Gasteiger charge is -2.10. The van der Waals surface area contributed by atoms with E-state index in [1.807, 2.05) is 0 Å². The SMILES string of the molecule is CCCCCOc1ccc(C(=O)Nc2cc(-n3nnnc3C)ccc2F)cc1. The molecule has 0 bridgehead atoms. The molecule has 1 amide bonds. The van der Waals surface area contributed by atoms with E-state index in [0.717, 1.165) is 19.3 Å². The standard InChI is InChI=1S/C20H22FN5O2/c1-3-4-5-12-28-17-9-6-15(7-10-17)20(27)22-19-13-16(8-11-18(19)21)26-14(2)23-24-25-26/h6-11,13H,3-5,12H2,1-2H3,(H,22,27). The number of aromatic nitrogens is 4. The Morgan fingerprint density at radius 3 is 2.64 bits per heavy atom. The number of amides is 1. The number of anilines is 1. The third-order valence-electron chi connectivity index (χ3n) is 4.20. The predicted octanol–water partition coefficient (Wildman–Crippen LogP) is 3.93. The van der Waals surface area contributed by atoms with E-state index in [1.54, 1.807) is 37.3 Å². The van der Waals surface area contributed by atoms with Crippen LogP contribution in [0.15, 0.2) is 42.5 Å². The molecule has 0 aliphatic rings. The number of nitrogens with one attached hydrogen (secondary N) is 1. The van der Waals surface area contributed by atoms with Crippen LogP contribution in [-0.2, 0) is 0 Å². The zero-order valence-corrected chi connectivity index (χ0v) is 15.9. The Morgan fingerprint density at radius 1 is 1.18 bits per heavy atom. The summed E-state index contributed by atoms with van der Waals surface area (Å²) in [6.45, 7) is 4.51. The third-order valence-corrected chi connectivity index (χ3v) is 4.20. The molecule has 8 heteroatoms. The molecule has 146 valence electrons. The van der Waals surface area contributed by atoms with E-state index in [9.17, 15) is 9.18 Å². The van der Waals surface area contributed by atoms with Crippen molar-refractivity contribution in [3.05, 3.63) is 59.7 Å². The van der Waals surface area contributed by atoms with E-state index < -0.39 is 11.7 Å². The van der Waals surface area contributed by atoms with E-state index in [-0.39, 0.29) is 5.69 Å². The average molecular weight is 383 g/mol. The van der Waals surface area contributed by atoms with E-state index in [1.165, 1.54) is 16.8 Å². The number of carbonyl (C=O) groups excluding carboxylic acids is 1. The molecule has 28 heavy (non-hydrogen) atoms. The molecular weight excluding hydrogens is 361 g/mol. The molecule has 3 rings (SSSR count). The highest BCUT2D eigenvalue weighted by Crippen LogP contribution is 2.20. The maximum absolute atomic E-state index is 14.2. The molecule has 0 radical (unpaired) electrons. The van der Waals surface area contributed by atoms with Gasteiger partial charge in [0.25, 0.3) is 5.91 Å². The molecule has 0 spiro atoms. The molecule has 0 saturated heterocycles. The molecule has 0 aliphatic heterocycles. The minimum absolute atomic E-state index is 0.0530. The second-order valence-electron chi connectivity index (χ2n) is 6.34. The van der Waals surface area contributed by atoms with Gasteiger partial charge in [-0.3, -0.25) is 4.79 Å². The normalized spacial score (nSPS) is 10.7. The van der Waals surface area contributed by atoms with Crippen molar-refractivity contribution in [3.63, 3.8) is 0 Å². The Bertz CT molecular complexity index is 940.